The molecule has 218 valence electrons. The third-order valence-electron chi connectivity index (χ3n) is 7.28. The number of thiazole rings is 1. The molecule has 5 rings (SSSR count). The van der Waals surface area contributed by atoms with Crippen LogP contribution in [0.25, 0.3) is 16.0 Å². The molecule has 0 bridgehead atoms. The monoisotopic (exact) mass is 584 g/mol. The molecule has 42 heavy (non-hydrogen) atoms. The van der Waals surface area contributed by atoms with Crippen molar-refractivity contribution in [2.24, 2.45) is 0 Å². The van der Waals surface area contributed by atoms with Crippen LogP contribution in [0.15, 0.2) is 66.2 Å². The van der Waals surface area contributed by atoms with E-state index >= 15 is 0 Å². The molecule has 1 atom stereocenters. The lowest BCUT2D eigenvalue weighted by atomic mass is 9.95. The number of hydrogen-bond donors (Lipinski definition) is 1. The molecule has 1 aliphatic rings. The predicted molar refractivity (Wildman–Crippen MR) is 168 cm³/mol. The summed E-state index contributed by atoms with van der Waals surface area (Å²) >= 11 is 1.36. The van der Waals surface area contributed by atoms with Crippen molar-refractivity contribution in [2.75, 3.05) is 18.1 Å². The maximum atomic E-state index is 13.7. The fourth-order valence-electron chi connectivity index (χ4n) is 5.18. The second-order valence-corrected chi connectivity index (χ2v) is 11.6. The van der Waals surface area contributed by atoms with Gasteiger partial charge in [-0.2, -0.15) is 0 Å². The summed E-state index contributed by atoms with van der Waals surface area (Å²) < 4.78 is 12.5. The van der Waals surface area contributed by atoms with Crippen molar-refractivity contribution >= 4 is 44.1 Å². The Morgan fingerprint density at radius 2 is 1.57 bits per heavy atom. The summed E-state index contributed by atoms with van der Waals surface area (Å²) in [5, 5.41) is 11.9. The molecule has 8 heteroatoms. The molecule has 1 N–H and O–H groups in total. The summed E-state index contributed by atoms with van der Waals surface area (Å²) in [4.78, 5) is 33.5. The Morgan fingerprint density at radius 1 is 0.905 bits per heavy atom. The van der Waals surface area contributed by atoms with Crippen LogP contribution >= 0.6 is 11.3 Å². The molecule has 0 spiro atoms. The maximum absolute atomic E-state index is 13.7. The van der Waals surface area contributed by atoms with Crippen LogP contribution in [0.3, 0.4) is 0 Å². The number of rotatable bonds is 11. The van der Waals surface area contributed by atoms with Crippen molar-refractivity contribution in [2.45, 2.75) is 59.4 Å². The summed E-state index contributed by atoms with van der Waals surface area (Å²) in [6, 6.07) is 17.5. The van der Waals surface area contributed by atoms with Gasteiger partial charge < -0.3 is 14.6 Å². The summed E-state index contributed by atoms with van der Waals surface area (Å²) in [5.41, 5.74) is 4.00. The SMILES string of the molecule is CCCCCOc1ccc(C2C(=C(O)c3ccc(OCCC)cc3)C(=O)C(=O)N2c2nc3c(C)cc(C)cc3s2)cc1. The standard InChI is InChI=1S/C34H36N2O5S/c1-5-7-8-18-41-26-13-9-23(10-14-26)30-28(31(37)24-11-15-25(16-12-24)40-17-6-2)32(38)33(39)36(30)34-35-29-22(4)19-21(3)20-27(29)42-34/h9-16,19-20,30,37H,5-8,17-18H2,1-4H3. The third-order valence-corrected chi connectivity index (χ3v) is 8.28. The predicted octanol–water partition coefficient (Wildman–Crippen LogP) is 7.90. The second-order valence-electron chi connectivity index (χ2n) is 10.6. The first kappa shape index (κ1) is 29.3. The molecule has 4 aromatic rings. The first-order valence-electron chi connectivity index (χ1n) is 14.5. The lowest BCUT2D eigenvalue weighted by molar-refractivity contribution is -0.132. The van der Waals surface area contributed by atoms with Crippen LogP contribution in [0.2, 0.25) is 0 Å². The van der Waals surface area contributed by atoms with Gasteiger partial charge in [-0.25, -0.2) is 4.98 Å². The number of aliphatic hydroxyl groups excluding tert-OH is 1. The van der Waals surface area contributed by atoms with Gasteiger partial charge in [-0.15, -0.1) is 0 Å². The Bertz CT molecular complexity index is 1620. The number of carbonyl (C=O) groups excluding carboxylic acids is 2. The third kappa shape index (κ3) is 5.90. The minimum atomic E-state index is -0.864. The molecule has 3 aromatic carbocycles. The van der Waals surface area contributed by atoms with Gasteiger partial charge in [0.1, 0.15) is 17.3 Å². The molecular weight excluding hydrogens is 548 g/mol. The van der Waals surface area contributed by atoms with Crippen LogP contribution in [0.1, 0.15) is 67.8 Å². The Balaban J connectivity index is 1.58. The number of hydrogen-bond acceptors (Lipinski definition) is 7. The van der Waals surface area contributed by atoms with E-state index in [9.17, 15) is 14.7 Å². The van der Waals surface area contributed by atoms with Crippen LogP contribution in [0.4, 0.5) is 5.13 Å². The van der Waals surface area contributed by atoms with Crippen molar-refractivity contribution < 1.29 is 24.2 Å². The smallest absolute Gasteiger partial charge is 0.301 e. The second kappa shape index (κ2) is 12.8. The van der Waals surface area contributed by atoms with E-state index in [0.29, 0.717) is 41.0 Å². The molecule has 1 amide bonds. The maximum Gasteiger partial charge on any atom is 0.301 e. The summed E-state index contributed by atoms with van der Waals surface area (Å²) in [5.74, 6) is -0.342. The average molecular weight is 585 g/mol. The van der Waals surface area contributed by atoms with Crippen molar-refractivity contribution in [3.8, 4) is 11.5 Å². The van der Waals surface area contributed by atoms with Gasteiger partial charge in [0.2, 0.25) is 0 Å². The van der Waals surface area contributed by atoms with Crippen LogP contribution in [0.5, 0.6) is 11.5 Å². The molecule has 1 aliphatic heterocycles. The zero-order chi connectivity index (χ0) is 29.8. The quantitative estimate of drug-likeness (QED) is 0.0834. The Kier molecular flexibility index (Phi) is 8.92. The van der Waals surface area contributed by atoms with Gasteiger partial charge >= 0.3 is 5.91 Å². The molecule has 1 unspecified atom stereocenters. The van der Waals surface area contributed by atoms with Gasteiger partial charge in [-0.05, 0) is 85.8 Å². The lowest BCUT2D eigenvalue weighted by Gasteiger charge is -2.23. The number of aromatic nitrogens is 1. The van der Waals surface area contributed by atoms with Crippen molar-refractivity contribution in [1.29, 1.82) is 0 Å². The Labute approximate surface area is 250 Å². The fourth-order valence-corrected chi connectivity index (χ4v) is 6.35. The van der Waals surface area contributed by atoms with Gasteiger partial charge in [-0.3, -0.25) is 14.5 Å². The molecule has 0 radical (unpaired) electrons. The average Bonchev–Trinajstić information content (AvgIpc) is 3.52. The van der Waals surface area contributed by atoms with Crippen molar-refractivity contribution in [3.63, 3.8) is 0 Å². The minimum absolute atomic E-state index is 0.0194. The number of aryl methyl sites for hydroxylation is 2. The highest BCUT2D eigenvalue weighted by Gasteiger charge is 2.48. The highest BCUT2D eigenvalue weighted by atomic mass is 32.1. The Hall–Kier alpha value is -4.17. The number of ketones is 1. The first-order chi connectivity index (χ1) is 20.3. The molecule has 0 aliphatic carbocycles. The molecule has 1 aromatic heterocycles. The van der Waals surface area contributed by atoms with Gasteiger partial charge in [0.25, 0.3) is 5.78 Å². The van der Waals surface area contributed by atoms with Crippen LogP contribution in [-0.2, 0) is 9.59 Å². The number of amides is 1. The van der Waals surface area contributed by atoms with E-state index in [-0.39, 0.29) is 11.3 Å². The van der Waals surface area contributed by atoms with Crippen molar-refractivity contribution in [1.82, 2.24) is 4.98 Å². The van der Waals surface area contributed by atoms with Gasteiger partial charge in [0, 0.05) is 5.56 Å². The molecule has 1 fully saturated rings. The molecule has 7 nitrogen and oxygen atoms in total. The minimum Gasteiger partial charge on any atom is -0.507 e. The largest absolute Gasteiger partial charge is 0.507 e. The lowest BCUT2D eigenvalue weighted by Crippen LogP contribution is -2.29. The fraction of sp³-hybridized carbons (Fsp3) is 0.324. The molecule has 1 saturated heterocycles. The number of carbonyl (C=O) groups is 2. The van der Waals surface area contributed by atoms with E-state index in [1.54, 1.807) is 24.3 Å². The zero-order valence-corrected chi connectivity index (χ0v) is 25.3. The molecule has 2 heterocycles. The van der Waals surface area contributed by atoms with E-state index in [4.69, 9.17) is 14.5 Å². The molecule has 0 saturated carbocycles. The van der Waals surface area contributed by atoms with E-state index in [0.717, 1.165) is 47.0 Å². The normalized spacial score (nSPS) is 16.4. The number of fused-ring (bicyclic) bond motifs is 1. The van der Waals surface area contributed by atoms with Crippen LogP contribution in [0, 0.1) is 13.8 Å². The summed E-state index contributed by atoms with van der Waals surface area (Å²) in [6.45, 7) is 9.37. The number of benzene rings is 3. The molecular formula is C34H36N2O5S. The highest BCUT2D eigenvalue weighted by Crippen LogP contribution is 2.45. The number of aliphatic hydroxyl groups is 1. The Morgan fingerprint density at radius 3 is 2.24 bits per heavy atom. The van der Waals surface area contributed by atoms with Crippen molar-refractivity contribution in [3.05, 3.63) is 88.5 Å². The summed E-state index contributed by atoms with van der Waals surface area (Å²) in [7, 11) is 0. The van der Waals surface area contributed by atoms with E-state index in [2.05, 4.69) is 6.92 Å². The number of nitrogens with zero attached hydrogens (tertiary/aromatic N) is 2. The highest BCUT2D eigenvalue weighted by molar-refractivity contribution is 7.22. The first-order valence-corrected chi connectivity index (χ1v) is 15.3. The van der Waals surface area contributed by atoms with Crippen LogP contribution < -0.4 is 14.4 Å². The van der Waals surface area contributed by atoms with E-state index in [1.165, 1.54) is 16.2 Å². The number of anilines is 1. The van der Waals surface area contributed by atoms with Crippen LogP contribution in [-0.4, -0.2) is 35.0 Å². The summed E-state index contributed by atoms with van der Waals surface area (Å²) in [6.07, 6.45) is 4.05. The number of unbranched alkanes of at least 4 members (excludes halogenated alkanes) is 2. The number of Topliss-reactive ketones (excluding diaryl/α,β-unsaturated/α-hetero) is 1. The van der Waals surface area contributed by atoms with Gasteiger partial charge in [0.15, 0.2) is 5.13 Å². The van der Waals surface area contributed by atoms with Gasteiger partial charge in [0.05, 0.1) is 35.0 Å². The van der Waals surface area contributed by atoms with Gasteiger partial charge in [-0.1, -0.05) is 56.2 Å². The van der Waals surface area contributed by atoms with E-state index < -0.39 is 17.7 Å². The zero-order valence-electron chi connectivity index (χ0n) is 24.5. The van der Waals surface area contributed by atoms with E-state index in [1.807, 2.05) is 57.2 Å². The number of ether oxygens (including phenoxy) is 2. The topological polar surface area (TPSA) is 89.0 Å².